The number of nitrogens with zero attached hydrogens (tertiary/aromatic N) is 1. The van der Waals surface area contributed by atoms with Crippen molar-refractivity contribution in [1.82, 2.24) is 5.32 Å². The van der Waals surface area contributed by atoms with Crippen LogP contribution in [0, 0.1) is 0 Å². The molecule has 0 spiro atoms. The van der Waals surface area contributed by atoms with Gasteiger partial charge in [-0.3, -0.25) is 10.1 Å². The lowest BCUT2D eigenvalue weighted by molar-refractivity contribution is 0.0975. The molecule has 28 heavy (non-hydrogen) atoms. The van der Waals surface area contributed by atoms with Crippen LogP contribution in [0.4, 0.5) is 5.69 Å². The minimum Gasteiger partial charge on any atom is -0.494 e. The maximum absolute atomic E-state index is 12.7. The van der Waals surface area contributed by atoms with Crippen LogP contribution in [0.1, 0.15) is 30.1 Å². The summed E-state index contributed by atoms with van der Waals surface area (Å²) in [6.45, 7) is 3.78. The zero-order valence-corrected chi connectivity index (χ0v) is 17.4. The van der Waals surface area contributed by atoms with Gasteiger partial charge in [-0.05, 0) is 62.2 Å². The van der Waals surface area contributed by atoms with Gasteiger partial charge in [0.1, 0.15) is 5.75 Å². The van der Waals surface area contributed by atoms with Crippen molar-refractivity contribution in [1.29, 1.82) is 0 Å². The summed E-state index contributed by atoms with van der Waals surface area (Å²) in [4.78, 5) is 17.2. The number of ether oxygens (including phenoxy) is 2. The van der Waals surface area contributed by atoms with E-state index in [0.717, 1.165) is 35.4 Å². The zero-order chi connectivity index (χ0) is 19.8. The highest BCUT2D eigenvalue weighted by Crippen LogP contribution is 2.17. The Morgan fingerprint density at radius 3 is 2.79 bits per heavy atom. The van der Waals surface area contributed by atoms with Crippen molar-refractivity contribution in [2.24, 2.45) is 4.99 Å². The Kier molecular flexibility index (Phi) is 7.45. The third-order valence-corrected chi connectivity index (χ3v) is 4.72. The summed E-state index contributed by atoms with van der Waals surface area (Å²) in [5, 5.41) is 6.05. The molecule has 0 aliphatic carbocycles. The second kappa shape index (κ2) is 10.2. The first-order valence-corrected chi connectivity index (χ1v) is 10.2. The molecule has 2 aromatic rings. The first-order chi connectivity index (χ1) is 13.6. The molecule has 148 valence electrons. The highest BCUT2D eigenvalue weighted by molar-refractivity contribution is 9.10. The molecule has 6 nitrogen and oxygen atoms in total. The third-order valence-electron chi connectivity index (χ3n) is 4.22. The summed E-state index contributed by atoms with van der Waals surface area (Å²) >= 11 is 3.45. The quantitative estimate of drug-likeness (QED) is 0.515. The van der Waals surface area contributed by atoms with Crippen LogP contribution in [0.3, 0.4) is 0 Å². The van der Waals surface area contributed by atoms with Crippen molar-refractivity contribution in [3.05, 3.63) is 58.6 Å². The number of halogens is 1. The molecule has 1 unspecified atom stereocenters. The van der Waals surface area contributed by atoms with Crippen molar-refractivity contribution in [2.75, 3.05) is 25.1 Å². The molecule has 1 fully saturated rings. The van der Waals surface area contributed by atoms with E-state index in [4.69, 9.17) is 9.47 Å². The van der Waals surface area contributed by atoms with Crippen LogP contribution in [-0.4, -0.2) is 37.7 Å². The van der Waals surface area contributed by atoms with E-state index in [-0.39, 0.29) is 12.0 Å². The Morgan fingerprint density at radius 2 is 2.11 bits per heavy atom. The maximum atomic E-state index is 12.7. The van der Waals surface area contributed by atoms with Crippen LogP contribution in [0.15, 0.2) is 58.0 Å². The van der Waals surface area contributed by atoms with Crippen LogP contribution in [-0.2, 0) is 4.74 Å². The SMILES string of the molecule is CCOc1ccc(C(=O)NC(=NCC2CCCO2)Nc2cccc(Br)c2)cc1. The Bertz CT molecular complexity index is 818. The number of hydrogen-bond acceptors (Lipinski definition) is 4. The fraction of sp³-hybridized carbons (Fsp3) is 0.333. The van der Waals surface area contributed by atoms with E-state index in [1.54, 1.807) is 24.3 Å². The van der Waals surface area contributed by atoms with Gasteiger partial charge in [0, 0.05) is 22.3 Å². The van der Waals surface area contributed by atoms with Crippen LogP contribution < -0.4 is 15.4 Å². The van der Waals surface area contributed by atoms with Gasteiger partial charge < -0.3 is 14.8 Å². The summed E-state index contributed by atoms with van der Waals surface area (Å²) in [6, 6.07) is 14.7. The fourth-order valence-electron chi connectivity index (χ4n) is 2.84. The average molecular weight is 446 g/mol. The molecule has 0 bridgehead atoms. The van der Waals surface area contributed by atoms with E-state index >= 15 is 0 Å². The highest BCUT2D eigenvalue weighted by atomic mass is 79.9. The Labute approximate surface area is 173 Å². The summed E-state index contributed by atoms with van der Waals surface area (Å²) in [7, 11) is 0. The van der Waals surface area contributed by atoms with Crippen molar-refractivity contribution >= 4 is 33.5 Å². The highest BCUT2D eigenvalue weighted by Gasteiger charge is 2.16. The van der Waals surface area contributed by atoms with Crippen LogP contribution in [0.5, 0.6) is 5.75 Å². The molecule has 1 aliphatic heterocycles. The molecule has 0 radical (unpaired) electrons. The summed E-state index contributed by atoms with van der Waals surface area (Å²) in [5.41, 5.74) is 1.36. The molecule has 1 aliphatic rings. The molecule has 0 aromatic heterocycles. The van der Waals surface area contributed by atoms with E-state index in [0.29, 0.717) is 24.7 Å². The molecule has 2 N–H and O–H groups in total. The van der Waals surface area contributed by atoms with Crippen molar-refractivity contribution in [3.8, 4) is 5.75 Å². The van der Waals surface area contributed by atoms with Gasteiger partial charge in [-0.2, -0.15) is 0 Å². The number of carbonyl (C=O) groups is 1. The number of hydrogen-bond donors (Lipinski definition) is 2. The van der Waals surface area contributed by atoms with Crippen LogP contribution in [0.2, 0.25) is 0 Å². The summed E-state index contributed by atoms with van der Waals surface area (Å²) in [6.07, 6.45) is 2.13. The molecule has 3 rings (SSSR count). The minimum absolute atomic E-state index is 0.0988. The van der Waals surface area contributed by atoms with E-state index in [1.807, 2.05) is 31.2 Å². The average Bonchev–Trinajstić information content (AvgIpc) is 3.20. The summed E-state index contributed by atoms with van der Waals surface area (Å²) < 4.78 is 12.0. The normalized spacial score (nSPS) is 16.6. The number of nitrogens with one attached hydrogen (secondary N) is 2. The largest absolute Gasteiger partial charge is 0.494 e. The first kappa shape index (κ1) is 20.4. The first-order valence-electron chi connectivity index (χ1n) is 9.37. The van der Waals surface area contributed by atoms with Gasteiger partial charge in [-0.1, -0.05) is 22.0 Å². The van der Waals surface area contributed by atoms with Crippen molar-refractivity contribution < 1.29 is 14.3 Å². The Hall–Kier alpha value is -2.38. The molecule has 2 aromatic carbocycles. The molecule has 1 amide bonds. The van der Waals surface area contributed by atoms with Gasteiger partial charge in [0.2, 0.25) is 5.96 Å². The number of carbonyl (C=O) groups excluding carboxylic acids is 1. The molecular weight excluding hydrogens is 422 g/mol. The lowest BCUT2D eigenvalue weighted by Crippen LogP contribution is -2.36. The van der Waals surface area contributed by atoms with Crippen LogP contribution in [0.25, 0.3) is 0 Å². The Balaban J connectivity index is 1.71. The second-order valence-corrected chi connectivity index (χ2v) is 7.29. The van der Waals surface area contributed by atoms with Gasteiger partial charge in [0.05, 0.1) is 19.3 Å². The number of aliphatic imine (C=N–C) groups is 1. The topological polar surface area (TPSA) is 72.0 Å². The van der Waals surface area contributed by atoms with Gasteiger partial charge >= 0.3 is 0 Å². The molecule has 7 heteroatoms. The minimum atomic E-state index is -0.239. The van der Waals surface area contributed by atoms with E-state index in [9.17, 15) is 4.79 Å². The zero-order valence-electron chi connectivity index (χ0n) is 15.8. The van der Waals surface area contributed by atoms with Gasteiger partial charge in [0.15, 0.2) is 0 Å². The van der Waals surface area contributed by atoms with Crippen LogP contribution >= 0.6 is 15.9 Å². The lowest BCUT2D eigenvalue weighted by Gasteiger charge is -2.14. The van der Waals surface area contributed by atoms with E-state index in [1.165, 1.54) is 0 Å². The van der Waals surface area contributed by atoms with Gasteiger partial charge in [-0.15, -0.1) is 0 Å². The third kappa shape index (κ3) is 6.07. The van der Waals surface area contributed by atoms with Gasteiger partial charge in [0.25, 0.3) is 5.91 Å². The number of guanidine groups is 1. The maximum Gasteiger partial charge on any atom is 0.257 e. The molecule has 1 atom stereocenters. The standard InChI is InChI=1S/C21H24BrN3O3/c1-2-27-18-10-8-15(9-11-18)20(26)25-21(23-14-19-7-4-12-28-19)24-17-6-3-5-16(22)13-17/h3,5-6,8-11,13,19H,2,4,7,12,14H2,1H3,(H2,23,24,25,26). The predicted molar refractivity (Wildman–Crippen MR) is 114 cm³/mol. The number of benzene rings is 2. The molecular formula is C21H24BrN3O3. The fourth-order valence-corrected chi connectivity index (χ4v) is 3.24. The second-order valence-electron chi connectivity index (χ2n) is 6.37. The Morgan fingerprint density at radius 1 is 1.29 bits per heavy atom. The number of rotatable bonds is 6. The van der Waals surface area contributed by atoms with Crippen molar-refractivity contribution in [3.63, 3.8) is 0 Å². The van der Waals surface area contributed by atoms with Gasteiger partial charge in [-0.25, -0.2) is 4.99 Å². The van der Waals surface area contributed by atoms with E-state index < -0.39 is 0 Å². The molecule has 1 heterocycles. The number of anilines is 1. The predicted octanol–water partition coefficient (Wildman–Crippen LogP) is 4.22. The molecule has 0 saturated carbocycles. The smallest absolute Gasteiger partial charge is 0.257 e. The summed E-state index contributed by atoms with van der Waals surface area (Å²) in [5.74, 6) is 0.891. The lowest BCUT2D eigenvalue weighted by atomic mass is 10.2. The van der Waals surface area contributed by atoms with Crippen molar-refractivity contribution in [2.45, 2.75) is 25.9 Å². The molecule has 1 saturated heterocycles. The van der Waals surface area contributed by atoms with E-state index in [2.05, 4.69) is 31.6 Å². The number of amides is 1. The monoisotopic (exact) mass is 445 g/mol.